The van der Waals surface area contributed by atoms with Crippen molar-refractivity contribution in [1.29, 1.82) is 0 Å². The highest BCUT2D eigenvalue weighted by atomic mass is 35.5. The summed E-state index contributed by atoms with van der Waals surface area (Å²) in [6.07, 6.45) is 2.17. The fourth-order valence-electron chi connectivity index (χ4n) is 1.45. The lowest BCUT2D eigenvalue weighted by molar-refractivity contribution is 0.397. The van der Waals surface area contributed by atoms with Crippen LogP contribution >= 0.6 is 11.6 Å². The number of ether oxygens (including phenoxy) is 1. The van der Waals surface area contributed by atoms with Gasteiger partial charge < -0.3 is 10.1 Å². The number of halogens is 1. The monoisotopic (exact) mass is 257 g/mol. The van der Waals surface area contributed by atoms with Crippen molar-refractivity contribution in [3.63, 3.8) is 0 Å². The quantitative estimate of drug-likeness (QED) is 0.603. The van der Waals surface area contributed by atoms with E-state index in [4.69, 9.17) is 16.3 Å². The van der Waals surface area contributed by atoms with Crippen LogP contribution in [0.15, 0.2) is 6.07 Å². The van der Waals surface area contributed by atoms with Gasteiger partial charge in [0.05, 0.1) is 7.11 Å². The zero-order valence-electron chi connectivity index (χ0n) is 10.7. The Hall–Kier alpha value is -1.03. The van der Waals surface area contributed by atoms with Crippen LogP contribution in [0.2, 0.25) is 0 Å². The van der Waals surface area contributed by atoms with Gasteiger partial charge in [-0.05, 0) is 25.7 Å². The van der Waals surface area contributed by atoms with E-state index in [0.717, 1.165) is 31.0 Å². The van der Waals surface area contributed by atoms with Crippen molar-refractivity contribution in [1.82, 2.24) is 9.97 Å². The molecule has 1 N–H and O–H groups in total. The van der Waals surface area contributed by atoms with Gasteiger partial charge in [-0.25, -0.2) is 4.98 Å². The van der Waals surface area contributed by atoms with Crippen LogP contribution in [0.5, 0.6) is 5.88 Å². The first-order valence-corrected chi connectivity index (χ1v) is 6.38. The maximum absolute atomic E-state index is 5.75. The minimum absolute atomic E-state index is 0.562. The Labute approximate surface area is 108 Å². The average Bonchev–Trinajstić information content (AvgIpc) is 2.33. The maximum atomic E-state index is 5.75. The van der Waals surface area contributed by atoms with E-state index in [-0.39, 0.29) is 0 Å². The molecule has 96 valence electrons. The number of hydrogen-bond donors (Lipinski definition) is 1. The fraction of sp³-hybridized carbons (Fsp3) is 0.667. The molecule has 0 aromatic carbocycles. The highest BCUT2D eigenvalue weighted by Gasteiger charge is 2.03. The van der Waals surface area contributed by atoms with Gasteiger partial charge >= 0.3 is 0 Å². The summed E-state index contributed by atoms with van der Waals surface area (Å²) in [6, 6.07) is 1.81. The Morgan fingerprint density at radius 3 is 2.88 bits per heavy atom. The fourth-order valence-corrected chi connectivity index (χ4v) is 1.61. The summed E-state index contributed by atoms with van der Waals surface area (Å²) in [4.78, 5) is 8.51. The van der Waals surface area contributed by atoms with E-state index in [2.05, 4.69) is 22.2 Å². The number of rotatable bonds is 7. The number of anilines is 1. The van der Waals surface area contributed by atoms with Gasteiger partial charge in [0.2, 0.25) is 11.8 Å². The molecule has 5 heteroatoms. The molecule has 0 fully saturated rings. The molecule has 0 aliphatic rings. The molecule has 1 atom stereocenters. The molecule has 0 saturated heterocycles. The van der Waals surface area contributed by atoms with Gasteiger partial charge in [-0.2, -0.15) is 4.98 Å². The van der Waals surface area contributed by atoms with Gasteiger partial charge in [-0.15, -0.1) is 11.6 Å². The average molecular weight is 258 g/mol. The van der Waals surface area contributed by atoms with E-state index in [1.165, 1.54) is 0 Å². The molecule has 0 saturated carbocycles. The predicted molar refractivity (Wildman–Crippen MR) is 70.9 cm³/mol. The highest BCUT2D eigenvalue weighted by Crippen LogP contribution is 2.12. The van der Waals surface area contributed by atoms with Crippen molar-refractivity contribution in [2.75, 3.05) is 24.9 Å². The van der Waals surface area contributed by atoms with E-state index in [1.807, 2.05) is 6.92 Å². The molecular formula is C12H20ClN3O. The first kappa shape index (κ1) is 14.0. The number of aromatic nitrogens is 2. The Morgan fingerprint density at radius 2 is 2.24 bits per heavy atom. The van der Waals surface area contributed by atoms with Gasteiger partial charge in [0.15, 0.2) is 0 Å². The summed E-state index contributed by atoms with van der Waals surface area (Å²) in [6.45, 7) is 4.93. The Balaban J connectivity index is 2.38. The van der Waals surface area contributed by atoms with Crippen LogP contribution in [0.1, 0.15) is 25.5 Å². The number of alkyl halides is 1. The molecule has 0 aliphatic heterocycles. The second-order valence-electron chi connectivity index (χ2n) is 4.20. The lowest BCUT2D eigenvalue weighted by Crippen LogP contribution is -2.08. The van der Waals surface area contributed by atoms with Crippen molar-refractivity contribution in [3.8, 4) is 5.88 Å². The predicted octanol–water partition coefficient (Wildman–Crippen LogP) is 2.86. The summed E-state index contributed by atoms with van der Waals surface area (Å²) in [5.41, 5.74) is 0.897. The van der Waals surface area contributed by atoms with Crippen molar-refractivity contribution in [3.05, 3.63) is 11.8 Å². The first-order valence-electron chi connectivity index (χ1n) is 5.85. The van der Waals surface area contributed by atoms with E-state index < -0.39 is 0 Å². The molecule has 1 heterocycles. The third-order valence-electron chi connectivity index (χ3n) is 2.46. The lowest BCUT2D eigenvalue weighted by Gasteiger charge is -2.09. The number of hydrogen-bond acceptors (Lipinski definition) is 4. The van der Waals surface area contributed by atoms with Crippen LogP contribution < -0.4 is 10.1 Å². The Bertz CT molecular complexity index is 347. The molecule has 4 nitrogen and oxygen atoms in total. The van der Waals surface area contributed by atoms with Gasteiger partial charge in [0.25, 0.3) is 0 Å². The zero-order chi connectivity index (χ0) is 12.7. The summed E-state index contributed by atoms with van der Waals surface area (Å²) in [5.74, 6) is 2.50. The van der Waals surface area contributed by atoms with Crippen LogP contribution in [0.3, 0.4) is 0 Å². The molecule has 17 heavy (non-hydrogen) atoms. The standard InChI is InChI=1S/C12H20ClN3O/c1-9(8-13)5-4-6-14-12-15-10(2)7-11(16-12)17-3/h7,9H,4-6,8H2,1-3H3,(H,14,15,16). The van der Waals surface area contributed by atoms with Gasteiger partial charge in [0.1, 0.15) is 0 Å². The van der Waals surface area contributed by atoms with Crippen LogP contribution in [-0.4, -0.2) is 29.5 Å². The summed E-state index contributed by atoms with van der Waals surface area (Å²) < 4.78 is 5.09. The van der Waals surface area contributed by atoms with Crippen LogP contribution in [-0.2, 0) is 0 Å². The molecule has 1 unspecified atom stereocenters. The number of nitrogens with zero attached hydrogens (tertiary/aromatic N) is 2. The molecule has 1 rings (SSSR count). The number of methoxy groups -OCH3 is 1. The van der Waals surface area contributed by atoms with Crippen molar-refractivity contribution < 1.29 is 4.74 Å². The largest absolute Gasteiger partial charge is 0.481 e. The molecule has 0 aliphatic carbocycles. The molecule has 0 radical (unpaired) electrons. The minimum atomic E-state index is 0.562. The summed E-state index contributed by atoms with van der Waals surface area (Å²) >= 11 is 5.75. The Kier molecular flexibility index (Phi) is 6.05. The SMILES string of the molecule is COc1cc(C)nc(NCCCC(C)CCl)n1. The second kappa shape index (κ2) is 7.33. The van der Waals surface area contributed by atoms with E-state index >= 15 is 0 Å². The van der Waals surface area contributed by atoms with Crippen molar-refractivity contribution in [2.45, 2.75) is 26.7 Å². The van der Waals surface area contributed by atoms with Crippen LogP contribution in [0, 0.1) is 12.8 Å². The van der Waals surface area contributed by atoms with Gasteiger partial charge in [-0.3, -0.25) is 0 Å². The highest BCUT2D eigenvalue weighted by molar-refractivity contribution is 6.18. The molecule has 0 spiro atoms. The summed E-state index contributed by atoms with van der Waals surface area (Å²) in [5, 5.41) is 3.19. The number of nitrogens with one attached hydrogen (secondary N) is 1. The molecule has 0 bridgehead atoms. The third-order valence-corrected chi connectivity index (χ3v) is 2.99. The van der Waals surface area contributed by atoms with Crippen LogP contribution in [0.4, 0.5) is 5.95 Å². The topological polar surface area (TPSA) is 47.0 Å². The van der Waals surface area contributed by atoms with Gasteiger partial charge in [0, 0.05) is 24.2 Å². The van der Waals surface area contributed by atoms with Crippen molar-refractivity contribution in [2.24, 2.45) is 5.92 Å². The van der Waals surface area contributed by atoms with Crippen molar-refractivity contribution >= 4 is 17.5 Å². The van der Waals surface area contributed by atoms with E-state index in [9.17, 15) is 0 Å². The third kappa shape index (κ3) is 5.22. The van der Waals surface area contributed by atoms with Gasteiger partial charge in [-0.1, -0.05) is 6.92 Å². The molecular weight excluding hydrogens is 238 g/mol. The summed E-state index contributed by atoms with van der Waals surface area (Å²) in [7, 11) is 1.60. The molecule has 0 amide bonds. The molecule has 1 aromatic heterocycles. The smallest absolute Gasteiger partial charge is 0.226 e. The Morgan fingerprint density at radius 1 is 1.47 bits per heavy atom. The normalized spacial score (nSPS) is 12.2. The first-order chi connectivity index (χ1) is 8.15. The van der Waals surface area contributed by atoms with E-state index in [1.54, 1.807) is 13.2 Å². The lowest BCUT2D eigenvalue weighted by atomic mass is 10.1. The minimum Gasteiger partial charge on any atom is -0.481 e. The molecule has 1 aromatic rings. The second-order valence-corrected chi connectivity index (χ2v) is 4.51. The van der Waals surface area contributed by atoms with E-state index in [0.29, 0.717) is 17.7 Å². The zero-order valence-corrected chi connectivity index (χ0v) is 11.4. The number of aryl methyl sites for hydroxylation is 1. The maximum Gasteiger partial charge on any atom is 0.226 e. The van der Waals surface area contributed by atoms with Crippen LogP contribution in [0.25, 0.3) is 0 Å².